The first-order chi connectivity index (χ1) is 21.1. The summed E-state index contributed by atoms with van der Waals surface area (Å²) in [5, 5.41) is 1.17. The molecule has 1 aliphatic heterocycles. The molecule has 1 amide bonds. The third-order valence-corrected chi connectivity index (χ3v) is 8.50. The summed E-state index contributed by atoms with van der Waals surface area (Å²) in [7, 11) is 1.69. The molecule has 1 fully saturated rings. The molecular formula is C37H39N3O3. The van der Waals surface area contributed by atoms with Gasteiger partial charge in [0.1, 0.15) is 17.2 Å². The summed E-state index contributed by atoms with van der Waals surface area (Å²) in [6.07, 6.45) is 2.64. The Balaban J connectivity index is 1.37. The van der Waals surface area contributed by atoms with Crippen LogP contribution in [0.4, 0.5) is 0 Å². The molecule has 1 atom stereocenters. The molecule has 220 valence electrons. The molecule has 5 aromatic rings. The number of nitrogens with zero attached hydrogens (tertiary/aromatic N) is 3. The van der Waals surface area contributed by atoms with Crippen molar-refractivity contribution in [2.75, 3.05) is 39.8 Å². The van der Waals surface area contributed by atoms with Crippen molar-refractivity contribution >= 4 is 16.8 Å². The number of likely N-dealkylation sites (N-methyl/N-ethyl adjacent to an activating group) is 1. The van der Waals surface area contributed by atoms with Crippen LogP contribution in [0.3, 0.4) is 0 Å². The van der Waals surface area contributed by atoms with E-state index in [1.54, 1.807) is 7.11 Å². The van der Waals surface area contributed by atoms with E-state index in [0.29, 0.717) is 6.42 Å². The van der Waals surface area contributed by atoms with Gasteiger partial charge in [-0.2, -0.15) is 0 Å². The van der Waals surface area contributed by atoms with Crippen LogP contribution in [0.15, 0.2) is 109 Å². The quantitative estimate of drug-likeness (QED) is 0.178. The summed E-state index contributed by atoms with van der Waals surface area (Å²) in [5.41, 5.74) is 4.56. The molecule has 4 aromatic carbocycles. The van der Waals surface area contributed by atoms with Gasteiger partial charge < -0.3 is 23.8 Å². The van der Waals surface area contributed by atoms with E-state index in [4.69, 9.17) is 9.47 Å². The van der Waals surface area contributed by atoms with Gasteiger partial charge in [0.15, 0.2) is 0 Å². The van der Waals surface area contributed by atoms with Crippen LogP contribution in [-0.2, 0) is 11.3 Å². The number of benzene rings is 4. The average Bonchev–Trinajstić information content (AvgIpc) is 3.42. The highest BCUT2D eigenvalue weighted by atomic mass is 16.5. The number of carbonyl (C=O) groups is 1. The van der Waals surface area contributed by atoms with Crippen molar-refractivity contribution in [2.45, 2.75) is 25.8 Å². The molecule has 6 nitrogen and oxygen atoms in total. The van der Waals surface area contributed by atoms with Crippen LogP contribution in [0.5, 0.6) is 17.2 Å². The molecule has 1 aromatic heterocycles. The van der Waals surface area contributed by atoms with Crippen LogP contribution < -0.4 is 9.47 Å². The fourth-order valence-electron chi connectivity index (χ4n) is 6.06. The van der Waals surface area contributed by atoms with Gasteiger partial charge in [0, 0.05) is 62.2 Å². The van der Waals surface area contributed by atoms with Gasteiger partial charge in [-0.05, 0) is 65.7 Å². The van der Waals surface area contributed by atoms with Crippen LogP contribution in [0.1, 0.15) is 36.0 Å². The lowest BCUT2D eigenvalue weighted by Gasteiger charge is -2.35. The molecule has 0 saturated carbocycles. The number of carbonyl (C=O) groups excluding carboxylic acids is 1. The van der Waals surface area contributed by atoms with Crippen LogP contribution in [0.2, 0.25) is 0 Å². The number of para-hydroxylation sites is 2. The summed E-state index contributed by atoms with van der Waals surface area (Å²) in [6, 6.07) is 34.8. The molecule has 43 heavy (non-hydrogen) atoms. The molecule has 1 aliphatic rings. The average molecular weight is 574 g/mol. The fraction of sp³-hybridized carbons (Fsp3) is 0.270. The number of hydrogen-bond acceptors (Lipinski definition) is 4. The van der Waals surface area contributed by atoms with E-state index in [1.165, 1.54) is 10.9 Å². The molecule has 0 aliphatic carbocycles. The van der Waals surface area contributed by atoms with Crippen LogP contribution in [0, 0.1) is 0 Å². The van der Waals surface area contributed by atoms with Gasteiger partial charge in [-0.1, -0.05) is 67.6 Å². The minimum Gasteiger partial charge on any atom is -0.497 e. The maximum absolute atomic E-state index is 13.9. The molecule has 0 bridgehead atoms. The van der Waals surface area contributed by atoms with Crippen LogP contribution >= 0.6 is 0 Å². The van der Waals surface area contributed by atoms with E-state index < -0.39 is 0 Å². The minimum absolute atomic E-state index is 0.127. The fourth-order valence-corrected chi connectivity index (χ4v) is 6.06. The van der Waals surface area contributed by atoms with E-state index >= 15 is 0 Å². The van der Waals surface area contributed by atoms with Gasteiger partial charge in [-0.15, -0.1) is 0 Å². The topological polar surface area (TPSA) is 46.9 Å². The van der Waals surface area contributed by atoms with Crippen molar-refractivity contribution in [3.63, 3.8) is 0 Å². The number of piperazine rings is 1. The Kier molecular flexibility index (Phi) is 8.75. The molecule has 6 rings (SSSR count). The first-order valence-corrected chi connectivity index (χ1v) is 15.1. The van der Waals surface area contributed by atoms with E-state index in [9.17, 15) is 4.79 Å². The molecule has 0 radical (unpaired) electrons. The van der Waals surface area contributed by atoms with Gasteiger partial charge in [0.2, 0.25) is 5.91 Å². The lowest BCUT2D eigenvalue weighted by atomic mass is 9.87. The number of hydrogen-bond donors (Lipinski definition) is 0. The number of aromatic nitrogens is 1. The molecule has 0 N–H and O–H groups in total. The molecule has 0 spiro atoms. The zero-order valence-corrected chi connectivity index (χ0v) is 25.0. The van der Waals surface area contributed by atoms with Crippen molar-refractivity contribution in [2.24, 2.45) is 0 Å². The van der Waals surface area contributed by atoms with Crippen molar-refractivity contribution in [1.82, 2.24) is 14.4 Å². The normalized spacial score (nSPS) is 14.5. The number of fused-ring (bicyclic) bond motifs is 1. The lowest BCUT2D eigenvalue weighted by Crippen LogP contribution is -2.48. The third kappa shape index (κ3) is 6.60. The Bertz CT molecular complexity index is 1650. The van der Waals surface area contributed by atoms with E-state index in [1.807, 2.05) is 59.5 Å². The monoisotopic (exact) mass is 573 g/mol. The maximum atomic E-state index is 13.9. The highest BCUT2D eigenvalue weighted by molar-refractivity contribution is 5.87. The molecule has 2 heterocycles. The highest BCUT2D eigenvalue weighted by Gasteiger charge is 2.27. The van der Waals surface area contributed by atoms with Crippen molar-refractivity contribution < 1.29 is 14.3 Å². The van der Waals surface area contributed by atoms with Crippen molar-refractivity contribution in [1.29, 1.82) is 0 Å². The molecule has 6 heteroatoms. The summed E-state index contributed by atoms with van der Waals surface area (Å²) in [5.74, 6) is 2.47. The largest absolute Gasteiger partial charge is 0.497 e. The summed E-state index contributed by atoms with van der Waals surface area (Å²) in [4.78, 5) is 18.3. The van der Waals surface area contributed by atoms with Crippen LogP contribution in [0.25, 0.3) is 10.9 Å². The Morgan fingerprint density at radius 3 is 2.26 bits per heavy atom. The van der Waals surface area contributed by atoms with Gasteiger partial charge in [0.25, 0.3) is 0 Å². The molecule has 1 unspecified atom stereocenters. The minimum atomic E-state index is -0.127. The summed E-state index contributed by atoms with van der Waals surface area (Å²) in [6.45, 7) is 7.32. The third-order valence-electron chi connectivity index (χ3n) is 8.50. The Hall–Kier alpha value is -4.55. The second-order valence-electron chi connectivity index (χ2n) is 11.1. The first kappa shape index (κ1) is 28.6. The summed E-state index contributed by atoms with van der Waals surface area (Å²) < 4.78 is 13.9. The second kappa shape index (κ2) is 13.2. The predicted molar refractivity (Wildman–Crippen MR) is 172 cm³/mol. The van der Waals surface area contributed by atoms with E-state index in [-0.39, 0.29) is 11.8 Å². The Morgan fingerprint density at radius 2 is 1.51 bits per heavy atom. The smallest absolute Gasteiger partial charge is 0.223 e. The molecule has 1 saturated heterocycles. The number of rotatable bonds is 10. The number of ether oxygens (including phenoxy) is 2. The van der Waals surface area contributed by atoms with Gasteiger partial charge >= 0.3 is 0 Å². The first-order valence-electron chi connectivity index (χ1n) is 15.1. The standard InChI is InChI=1S/C37H39N3O3/c1-3-38-20-22-39(23-21-38)37(41)25-34(29-10-9-13-32(24-29)43-31-11-5-4-6-12-31)35-27-40(36-15-8-7-14-33(35)36)26-28-16-18-30(42-2)19-17-28/h4-19,24,27,34H,3,20-23,25-26H2,1-2H3. The highest BCUT2D eigenvalue weighted by Crippen LogP contribution is 2.37. The van der Waals surface area contributed by atoms with Crippen LogP contribution in [-0.4, -0.2) is 60.1 Å². The van der Waals surface area contributed by atoms with E-state index in [2.05, 4.69) is 71.1 Å². The van der Waals surface area contributed by atoms with Crippen molar-refractivity contribution in [3.8, 4) is 17.2 Å². The van der Waals surface area contributed by atoms with E-state index in [0.717, 1.165) is 73.2 Å². The predicted octanol–water partition coefficient (Wildman–Crippen LogP) is 7.18. The van der Waals surface area contributed by atoms with Gasteiger partial charge in [-0.3, -0.25) is 4.79 Å². The zero-order valence-electron chi connectivity index (χ0n) is 25.0. The number of methoxy groups -OCH3 is 1. The van der Waals surface area contributed by atoms with Crippen molar-refractivity contribution in [3.05, 3.63) is 126 Å². The Morgan fingerprint density at radius 1 is 0.791 bits per heavy atom. The number of amides is 1. The SMILES string of the molecule is CCN1CCN(C(=O)CC(c2cccc(Oc3ccccc3)c2)c2cn(Cc3ccc(OC)cc3)c3ccccc23)CC1. The molecular weight excluding hydrogens is 534 g/mol. The zero-order chi connectivity index (χ0) is 29.6. The summed E-state index contributed by atoms with van der Waals surface area (Å²) >= 11 is 0. The van der Waals surface area contributed by atoms with Gasteiger partial charge in [0.05, 0.1) is 7.11 Å². The lowest BCUT2D eigenvalue weighted by molar-refractivity contribution is -0.133. The second-order valence-corrected chi connectivity index (χ2v) is 11.1. The van der Waals surface area contributed by atoms with Gasteiger partial charge in [-0.25, -0.2) is 0 Å². The maximum Gasteiger partial charge on any atom is 0.223 e. The Labute approximate surface area is 254 Å².